The van der Waals surface area contributed by atoms with E-state index in [0.717, 1.165) is 30.7 Å². The third kappa shape index (κ3) is 4.06. The first kappa shape index (κ1) is 15.5. The van der Waals surface area contributed by atoms with Gasteiger partial charge in [0.25, 0.3) is 0 Å². The van der Waals surface area contributed by atoms with Crippen molar-refractivity contribution in [2.45, 2.75) is 27.3 Å². The summed E-state index contributed by atoms with van der Waals surface area (Å²) in [5.41, 5.74) is 2.47. The Bertz CT molecular complexity index is 487. The molecule has 0 atom stereocenters. The summed E-state index contributed by atoms with van der Waals surface area (Å²) in [5.74, 6) is 0.863. The predicted octanol–water partition coefficient (Wildman–Crippen LogP) is 3.06. The number of hydrogen-bond acceptors (Lipinski definition) is 2. The minimum atomic E-state index is 0.249. The molecule has 1 aliphatic heterocycles. The van der Waals surface area contributed by atoms with Crippen LogP contribution in [0.2, 0.25) is 0 Å². The Morgan fingerprint density at radius 2 is 2.05 bits per heavy atom. The van der Waals surface area contributed by atoms with Gasteiger partial charge in [0, 0.05) is 30.7 Å². The molecule has 3 nitrogen and oxygen atoms in total. The van der Waals surface area contributed by atoms with E-state index in [0.29, 0.717) is 12.5 Å². The van der Waals surface area contributed by atoms with E-state index in [4.69, 9.17) is 0 Å². The summed E-state index contributed by atoms with van der Waals surface area (Å²) in [6.45, 7) is 10.6. The second-order valence-electron chi connectivity index (χ2n) is 6.02. The first-order valence-electron chi connectivity index (χ1n) is 7.21. The van der Waals surface area contributed by atoms with Gasteiger partial charge in [-0.05, 0) is 36.1 Å². The zero-order valence-electron chi connectivity index (χ0n) is 12.5. The van der Waals surface area contributed by atoms with Gasteiger partial charge in [0.15, 0.2) is 0 Å². The molecule has 2 rings (SSSR count). The molecular formula is C16H23BrN2O. The van der Waals surface area contributed by atoms with Crippen molar-refractivity contribution in [1.82, 2.24) is 9.80 Å². The first-order chi connectivity index (χ1) is 9.45. The van der Waals surface area contributed by atoms with Gasteiger partial charge < -0.3 is 4.90 Å². The predicted molar refractivity (Wildman–Crippen MR) is 85.6 cm³/mol. The normalized spacial score (nSPS) is 17.1. The standard InChI is InChI=1S/C16H23BrN2O/c1-12(2)9-18-6-7-19(16(20)11-18)10-14-4-5-15(17)8-13(14)3/h4-5,8,12H,6-7,9-11H2,1-3H3. The molecule has 1 amide bonds. The second-order valence-corrected chi connectivity index (χ2v) is 6.93. The number of rotatable bonds is 4. The second kappa shape index (κ2) is 6.72. The fraction of sp³-hybridized carbons (Fsp3) is 0.562. The van der Waals surface area contributed by atoms with E-state index in [9.17, 15) is 4.79 Å². The zero-order chi connectivity index (χ0) is 14.7. The molecule has 4 heteroatoms. The maximum atomic E-state index is 12.2. The first-order valence-corrected chi connectivity index (χ1v) is 8.00. The van der Waals surface area contributed by atoms with E-state index in [1.807, 2.05) is 11.0 Å². The van der Waals surface area contributed by atoms with E-state index < -0.39 is 0 Å². The average molecular weight is 339 g/mol. The van der Waals surface area contributed by atoms with Crippen LogP contribution in [0.1, 0.15) is 25.0 Å². The van der Waals surface area contributed by atoms with Crippen LogP contribution in [0.4, 0.5) is 0 Å². The van der Waals surface area contributed by atoms with E-state index in [1.54, 1.807) is 0 Å². The van der Waals surface area contributed by atoms with E-state index in [1.165, 1.54) is 11.1 Å². The number of carbonyl (C=O) groups is 1. The van der Waals surface area contributed by atoms with Gasteiger partial charge in [-0.25, -0.2) is 0 Å². The van der Waals surface area contributed by atoms with Crippen molar-refractivity contribution < 1.29 is 4.79 Å². The highest BCUT2D eigenvalue weighted by Crippen LogP contribution is 2.18. The van der Waals surface area contributed by atoms with E-state index in [-0.39, 0.29) is 5.91 Å². The lowest BCUT2D eigenvalue weighted by Gasteiger charge is -2.35. The van der Waals surface area contributed by atoms with Gasteiger partial charge in [0.1, 0.15) is 0 Å². The SMILES string of the molecule is Cc1cc(Br)ccc1CN1CCN(CC(C)C)CC1=O. The van der Waals surface area contributed by atoms with Crippen LogP contribution in [0.15, 0.2) is 22.7 Å². The quantitative estimate of drug-likeness (QED) is 0.842. The molecular weight excluding hydrogens is 316 g/mol. The average Bonchev–Trinajstić information content (AvgIpc) is 2.34. The number of aryl methyl sites for hydroxylation is 1. The van der Waals surface area contributed by atoms with Crippen molar-refractivity contribution in [2.24, 2.45) is 5.92 Å². The van der Waals surface area contributed by atoms with E-state index in [2.05, 4.69) is 53.7 Å². The van der Waals surface area contributed by atoms with Crippen LogP contribution >= 0.6 is 15.9 Å². The number of hydrogen-bond donors (Lipinski definition) is 0. The van der Waals surface area contributed by atoms with Crippen LogP contribution in [-0.2, 0) is 11.3 Å². The van der Waals surface area contributed by atoms with Crippen LogP contribution in [0, 0.1) is 12.8 Å². The summed E-state index contributed by atoms with van der Waals surface area (Å²) in [6, 6.07) is 6.25. The number of benzene rings is 1. The highest BCUT2D eigenvalue weighted by Gasteiger charge is 2.24. The van der Waals surface area contributed by atoms with Crippen LogP contribution in [0.5, 0.6) is 0 Å². The Hall–Kier alpha value is -0.870. The fourth-order valence-corrected chi connectivity index (χ4v) is 3.11. The lowest BCUT2D eigenvalue weighted by Crippen LogP contribution is -2.50. The van der Waals surface area contributed by atoms with Crippen molar-refractivity contribution >= 4 is 21.8 Å². The molecule has 1 fully saturated rings. The van der Waals surface area contributed by atoms with Gasteiger partial charge in [-0.1, -0.05) is 35.8 Å². The molecule has 1 aromatic rings. The number of amides is 1. The Morgan fingerprint density at radius 3 is 2.65 bits per heavy atom. The van der Waals surface area contributed by atoms with Gasteiger partial charge in [-0.3, -0.25) is 9.69 Å². The Labute approximate surface area is 130 Å². The van der Waals surface area contributed by atoms with Crippen molar-refractivity contribution in [3.05, 3.63) is 33.8 Å². The molecule has 110 valence electrons. The van der Waals surface area contributed by atoms with Crippen molar-refractivity contribution in [1.29, 1.82) is 0 Å². The van der Waals surface area contributed by atoms with Crippen LogP contribution in [0.25, 0.3) is 0 Å². The molecule has 1 heterocycles. The molecule has 0 saturated carbocycles. The molecule has 20 heavy (non-hydrogen) atoms. The Kier molecular flexibility index (Phi) is 5.22. The Balaban J connectivity index is 1.96. The Morgan fingerprint density at radius 1 is 1.30 bits per heavy atom. The molecule has 1 aliphatic rings. The monoisotopic (exact) mass is 338 g/mol. The van der Waals surface area contributed by atoms with Crippen molar-refractivity contribution in [2.75, 3.05) is 26.2 Å². The van der Waals surface area contributed by atoms with Crippen molar-refractivity contribution in [3.8, 4) is 0 Å². The molecule has 0 radical (unpaired) electrons. The van der Waals surface area contributed by atoms with Crippen LogP contribution in [0.3, 0.4) is 0 Å². The van der Waals surface area contributed by atoms with Gasteiger partial charge in [0.05, 0.1) is 6.54 Å². The lowest BCUT2D eigenvalue weighted by molar-refractivity contribution is -0.136. The highest BCUT2D eigenvalue weighted by molar-refractivity contribution is 9.10. The van der Waals surface area contributed by atoms with Gasteiger partial charge in [-0.15, -0.1) is 0 Å². The number of carbonyl (C=O) groups excluding carboxylic acids is 1. The summed E-state index contributed by atoms with van der Waals surface area (Å²) in [7, 11) is 0. The maximum absolute atomic E-state index is 12.2. The summed E-state index contributed by atoms with van der Waals surface area (Å²) in [6.07, 6.45) is 0. The molecule has 1 saturated heterocycles. The topological polar surface area (TPSA) is 23.6 Å². The summed E-state index contributed by atoms with van der Waals surface area (Å²) in [5, 5.41) is 0. The molecule has 0 N–H and O–H groups in total. The molecule has 0 aliphatic carbocycles. The van der Waals surface area contributed by atoms with Gasteiger partial charge >= 0.3 is 0 Å². The third-order valence-corrected chi connectivity index (χ3v) is 4.18. The smallest absolute Gasteiger partial charge is 0.237 e. The zero-order valence-corrected chi connectivity index (χ0v) is 14.1. The number of nitrogens with zero attached hydrogens (tertiary/aromatic N) is 2. The summed E-state index contributed by atoms with van der Waals surface area (Å²) < 4.78 is 1.09. The lowest BCUT2D eigenvalue weighted by atomic mass is 10.1. The van der Waals surface area contributed by atoms with E-state index >= 15 is 0 Å². The largest absolute Gasteiger partial charge is 0.336 e. The summed E-state index contributed by atoms with van der Waals surface area (Å²) in [4.78, 5) is 16.5. The van der Waals surface area contributed by atoms with Gasteiger partial charge in [0.2, 0.25) is 5.91 Å². The molecule has 1 aromatic carbocycles. The molecule has 0 unspecified atom stereocenters. The number of piperazine rings is 1. The minimum absolute atomic E-state index is 0.249. The van der Waals surface area contributed by atoms with Crippen molar-refractivity contribution in [3.63, 3.8) is 0 Å². The fourth-order valence-electron chi connectivity index (χ4n) is 2.64. The van der Waals surface area contributed by atoms with Gasteiger partial charge in [-0.2, -0.15) is 0 Å². The summed E-state index contributed by atoms with van der Waals surface area (Å²) >= 11 is 3.48. The minimum Gasteiger partial charge on any atom is -0.336 e. The molecule has 0 bridgehead atoms. The molecule has 0 aromatic heterocycles. The van der Waals surface area contributed by atoms with Crippen LogP contribution in [-0.4, -0.2) is 41.9 Å². The molecule has 0 spiro atoms. The van der Waals surface area contributed by atoms with Crippen LogP contribution < -0.4 is 0 Å². The number of halogens is 1. The highest BCUT2D eigenvalue weighted by atomic mass is 79.9. The third-order valence-electron chi connectivity index (χ3n) is 3.69. The maximum Gasteiger partial charge on any atom is 0.237 e.